The third-order valence-electron chi connectivity index (χ3n) is 8.60. The van der Waals surface area contributed by atoms with Gasteiger partial charge in [0.1, 0.15) is 0 Å². The number of nitrogens with one attached hydrogen (secondary N) is 1. The standard InChI is InChI=1S/C34H39Cl3N2O5/c1-22-30(19-39-17-5-7-28(39)21-42-2)43-32(44-31(22)25-11-9-23(20-40)10-12-25)26-15-13-24(14-16-26)29-8-4-3-6-27(29)18-38-33(41)34(35,36)37/h3-4,6,8-16,22,28,30-32,40H,5,7,17-21H2,1-2H3,(H,38,41)/t22-,28-,30+,31+,32+/m0/s1. The Morgan fingerprint density at radius 2 is 1.73 bits per heavy atom. The summed E-state index contributed by atoms with van der Waals surface area (Å²) < 4.78 is 16.9. The molecule has 2 fully saturated rings. The Hall–Kier alpha value is -2.20. The highest BCUT2D eigenvalue weighted by atomic mass is 35.6. The molecule has 3 aromatic rings. The number of aliphatic hydroxyl groups is 1. The Labute approximate surface area is 274 Å². The highest BCUT2D eigenvalue weighted by Gasteiger charge is 2.40. The second-order valence-corrected chi connectivity index (χ2v) is 13.8. The molecule has 2 saturated heterocycles. The van der Waals surface area contributed by atoms with Gasteiger partial charge in [0.05, 0.1) is 25.4 Å². The summed E-state index contributed by atoms with van der Waals surface area (Å²) >= 11 is 17.2. The molecule has 2 aliphatic rings. The van der Waals surface area contributed by atoms with Crippen molar-refractivity contribution in [3.05, 3.63) is 95.1 Å². The minimum absolute atomic E-state index is 0.000317. The van der Waals surface area contributed by atoms with Gasteiger partial charge in [-0.15, -0.1) is 0 Å². The number of ether oxygens (including phenoxy) is 3. The third-order valence-corrected chi connectivity index (χ3v) is 9.12. The van der Waals surface area contributed by atoms with Crippen LogP contribution in [0.25, 0.3) is 11.1 Å². The van der Waals surface area contributed by atoms with E-state index in [9.17, 15) is 9.90 Å². The first-order valence-electron chi connectivity index (χ1n) is 14.9. The van der Waals surface area contributed by atoms with E-state index >= 15 is 0 Å². The predicted molar refractivity (Wildman–Crippen MR) is 173 cm³/mol. The monoisotopic (exact) mass is 660 g/mol. The quantitative estimate of drug-likeness (QED) is 0.235. The van der Waals surface area contributed by atoms with Crippen LogP contribution >= 0.6 is 34.8 Å². The molecule has 0 aliphatic carbocycles. The summed E-state index contributed by atoms with van der Waals surface area (Å²) in [6.07, 6.45) is 1.47. The second kappa shape index (κ2) is 14.9. The molecule has 44 heavy (non-hydrogen) atoms. The maximum absolute atomic E-state index is 12.1. The summed E-state index contributed by atoms with van der Waals surface area (Å²) in [7, 11) is 1.76. The summed E-state index contributed by atoms with van der Waals surface area (Å²) in [5.74, 6) is -0.574. The number of hydrogen-bond donors (Lipinski definition) is 2. The largest absolute Gasteiger partial charge is 0.392 e. The van der Waals surface area contributed by atoms with E-state index in [1.165, 1.54) is 0 Å². The number of hydrogen-bond acceptors (Lipinski definition) is 6. The van der Waals surface area contributed by atoms with E-state index in [0.29, 0.717) is 12.6 Å². The van der Waals surface area contributed by atoms with Crippen molar-refractivity contribution in [2.24, 2.45) is 5.92 Å². The minimum atomic E-state index is -2.02. The van der Waals surface area contributed by atoms with E-state index in [1.807, 2.05) is 72.8 Å². The topological polar surface area (TPSA) is 80.3 Å². The Morgan fingerprint density at radius 1 is 1.02 bits per heavy atom. The molecule has 0 radical (unpaired) electrons. The Bertz CT molecular complexity index is 1380. The number of likely N-dealkylation sites (tertiary alicyclic amines) is 1. The molecule has 5 atom stereocenters. The van der Waals surface area contributed by atoms with Crippen LogP contribution in [0.3, 0.4) is 0 Å². The van der Waals surface area contributed by atoms with Gasteiger partial charge in [-0.3, -0.25) is 9.69 Å². The molecule has 5 rings (SSSR count). The van der Waals surface area contributed by atoms with Gasteiger partial charge in [-0.2, -0.15) is 0 Å². The predicted octanol–water partition coefficient (Wildman–Crippen LogP) is 6.73. The fourth-order valence-electron chi connectivity index (χ4n) is 6.13. The van der Waals surface area contributed by atoms with Crippen molar-refractivity contribution < 1.29 is 24.1 Å². The molecule has 1 amide bonds. The van der Waals surface area contributed by atoms with Crippen molar-refractivity contribution in [3.63, 3.8) is 0 Å². The number of benzene rings is 3. The summed E-state index contributed by atoms with van der Waals surface area (Å²) in [5.41, 5.74) is 5.67. The van der Waals surface area contributed by atoms with Crippen LogP contribution in [-0.4, -0.2) is 58.7 Å². The molecular weight excluding hydrogens is 623 g/mol. The minimum Gasteiger partial charge on any atom is -0.392 e. The van der Waals surface area contributed by atoms with E-state index in [0.717, 1.165) is 59.3 Å². The van der Waals surface area contributed by atoms with Crippen molar-refractivity contribution in [2.45, 2.75) is 61.2 Å². The van der Waals surface area contributed by atoms with Crippen LogP contribution in [0.5, 0.6) is 0 Å². The summed E-state index contributed by atoms with van der Waals surface area (Å²) in [5, 5.41) is 12.2. The number of amides is 1. The van der Waals surface area contributed by atoms with Crippen molar-refractivity contribution in [1.29, 1.82) is 0 Å². The van der Waals surface area contributed by atoms with Crippen LogP contribution < -0.4 is 5.32 Å². The molecule has 2 aliphatic heterocycles. The first-order valence-corrected chi connectivity index (χ1v) is 16.1. The maximum Gasteiger partial charge on any atom is 0.272 e. The summed E-state index contributed by atoms with van der Waals surface area (Å²) in [6.45, 7) is 4.94. The Morgan fingerprint density at radius 3 is 2.41 bits per heavy atom. The molecule has 10 heteroatoms. The van der Waals surface area contributed by atoms with Crippen molar-refractivity contribution in [1.82, 2.24) is 10.2 Å². The molecule has 2 heterocycles. The first-order chi connectivity index (χ1) is 21.2. The van der Waals surface area contributed by atoms with E-state index in [1.54, 1.807) is 7.11 Å². The van der Waals surface area contributed by atoms with Gasteiger partial charge in [-0.05, 0) is 47.2 Å². The van der Waals surface area contributed by atoms with Gasteiger partial charge in [0.2, 0.25) is 0 Å². The molecular formula is C34H39Cl3N2O5. The number of aliphatic hydroxyl groups excluding tert-OH is 1. The summed E-state index contributed by atoms with van der Waals surface area (Å²) in [4.78, 5) is 14.6. The van der Waals surface area contributed by atoms with E-state index in [4.69, 9.17) is 49.0 Å². The molecule has 0 spiro atoms. The number of rotatable bonds is 10. The van der Waals surface area contributed by atoms with Crippen LogP contribution in [0.2, 0.25) is 0 Å². The van der Waals surface area contributed by atoms with Gasteiger partial charge in [0.25, 0.3) is 9.70 Å². The zero-order valence-corrected chi connectivity index (χ0v) is 27.2. The molecule has 0 saturated carbocycles. The molecule has 0 unspecified atom stereocenters. The van der Waals surface area contributed by atoms with Crippen molar-refractivity contribution in [3.8, 4) is 11.1 Å². The first kappa shape index (κ1) is 33.2. The normalized spacial score (nSPS) is 24.4. The molecule has 2 N–H and O–H groups in total. The zero-order valence-electron chi connectivity index (χ0n) is 24.9. The van der Waals surface area contributed by atoms with Gasteiger partial charge < -0.3 is 24.6 Å². The lowest BCUT2D eigenvalue weighted by atomic mass is 9.89. The van der Waals surface area contributed by atoms with Crippen molar-refractivity contribution in [2.75, 3.05) is 26.8 Å². The average Bonchev–Trinajstić information content (AvgIpc) is 3.47. The van der Waals surface area contributed by atoms with Gasteiger partial charge in [0, 0.05) is 37.7 Å². The average molecular weight is 662 g/mol. The molecule has 0 aromatic heterocycles. The fourth-order valence-corrected chi connectivity index (χ4v) is 6.33. The maximum atomic E-state index is 12.1. The molecule has 0 bridgehead atoms. The number of halogens is 3. The van der Waals surface area contributed by atoms with Crippen LogP contribution in [0.4, 0.5) is 0 Å². The smallest absolute Gasteiger partial charge is 0.272 e. The highest BCUT2D eigenvalue weighted by Crippen LogP contribution is 2.42. The van der Waals surface area contributed by atoms with Gasteiger partial charge in [-0.1, -0.05) is 115 Å². The number of methoxy groups -OCH3 is 1. The SMILES string of the molecule is COC[C@@H]1CCCN1C[C@H]1O[C@@H](c2ccc(-c3ccccc3CNC(=O)C(Cl)(Cl)Cl)cc2)O[C@@H](c2ccc(CO)cc2)[C@H]1C. The lowest BCUT2D eigenvalue weighted by Crippen LogP contribution is -2.46. The lowest BCUT2D eigenvalue weighted by molar-refractivity contribution is -0.276. The van der Waals surface area contributed by atoms with Crippen molar-refractivity contribution >= 4 is 40.7 Å². The highest BCUT2D eigenvalue weighted by molar-refractivity contribution is 6.76. The summed E-state index contributed by atoms with van der Waals surface area (Å²) in [6, 6.07) is 24.3. The molecule has 236 valence electrons. The van der Waals surface area contributed by atoms with Gasteiger partial charge in [0.15, 0.2) is 6.29 Å². The number of alkyl halides is 3. The fraction of sp³-hybridized carbons (Fsp3) is 0.441. The number of carbonyl (C=O) groups excluding carboxylic acids is 1. The van der Waals surface area contributed by atoms with E-state index < -0.39 is 16.0 Å². The zero-order chi connectivity index (χ0) is 31.3. The molecule has 3 aromatic carbocycles. The number of nitrogens with zero attached hydrogens (tertiary/aromatic N) is 1. The van der Waals surface area contributed by atoms with Gasteiger partial charge in [-0.25, -0.2) is 0 Å². The van der Waals surface area contributed by atoms with Crippen LogP contribution in [-0.2, 0) is 32.2 Å². The van der Waals surface area contributed by atoms with E-state index in [2.05, 4.69) is 17.1 Å². The Balaban J connectivity index is 1.38. The van der Waals surface area contributed by atoms with Gasteiger partial charge >= 0.3 is 0 Å². The van der Waals surface area contributed by atoms with E-state index in [-0.39, 0.29) is 31.3 Å². The second-order valence-electron chi connectivity index (χ2n) is 11.5. The lowest BCUT2D eigenvalue weighted by Gasteiger charge is -2.43. The van der Waals surface area contributed by atoms with Crippen LogP contribution in [0, 0.1) is 5.92 Å². The third kappa shape index (κ3) is 7.95. The molecule has 7 nitrogen and oxygen atoms in total. The van der Waals surface area contributed by atoms with Crippen LogP contribution in [0.1, 0.15) is 54.4 Å². The van der Waals surface area contributed by atoms with Crippen LogP contribution in [0.15, 0.2) is 72.8 Å². The number of carbonyl (C=O) groups is 1. The Kier molecular flexibility index (Phi) is 11.3.